The molecule has 4 nitrogen and oxygen atoms in total. The topological polar surface area (TPSA) is 46.9 Å². The van der Waals surface area contributed by atoms with E-state index in [0.717, 1.165) is 28.8 Å². The van der Waals surface area contributed by atoms with Gasteiger partial charge in [-0.1, -0.05) is 25.1 Å². The van der Waals surface area contributed by atoms with Crippen LogP contribution in [0.1, 0.15) is 18.3 Å². The second kappa shape index (κ2) is 6.20. The predicted octanol–water partition coefficient (Wildman–Crippen LogP) is 3.68. The smallest absolute Gasteiger partial charge is 0.244 e. The van der Waals surface area contributed by atoms with Gasteiger partial charge in [-0.2, -0.15) is 0 Å². The predicted molar refractivity (Wildman–Crippen MR) is 88.9 cm³/mol. The Bertz CT molecular complexity index is 870. The number of imidazole rings is 1. The van der Waals surface area contributed by atoms with Gasteiger partial charge in [-0.15, -0.1) is 0 Å². The molecule has 3 rings (SSSR count). The Kier molecular flexibility index (Phi) is 4.10. The molecule has 1 N–H and O–H groups in total. The molecule has 1 aromatic heterocycles. The second-order valence-electron chi connectivity index (χ2n) is 5.49. The number of para-hydroxylation sites is 2. The highest BCUT2D eigenvalue weighted by molar-refractivity contribution is 5.91. The quantitative estimate of drug-likeness (QED) is 0.799. The van der Waals surface area contributed by atoms with Gasteiger partial charge in [0.25, 0.3) is 0 Å². The van der Waals surface area contributed by atoms with Crippen LogP contribution in [0.15, 0.2) is 42.5 Å². The number of fused-ring (bicyclic) bond motifs is 1. The first kappa shape index (κ1) is 15.2. The van der Waals surface area contributed by atoms with Crippen molar-refractivity contribution in [3.63, 3.8) is 0 Å². The minimum Gasteiger partial charge on any atom is -0.322 e. The van der Waals surface area contributed by atoms with Gasteiger partial charge in [0.1, 0.15) is 18.2 Å². The third-order valence-corrected chi connectivity index (χ3v) is 3.75. The maximum Gasteiger partial charge on any atom is 0.244 e. The molecule has 1 heterocycles. The monoisotopic (exact) mass is 311 g/mol. The summed E-state index contributed by atoms with van der Waals surface area (Å²) in [7, 11) is 0. The lowest BCUT2D eigenvalue weighted by molar-refractivity contribution is -0.116. The molecule has 0 atom stereocenters. The summed E-state index contributed by atoms with van der Waals surface area (Å²) in [4.78, 5) is 16.8. The van der Waals surface area contributed by atoms with Crippen LogP contribution < -0.4 is 5.32 Å². The van der Waals surface area contributed by atoms with Crippen molar-refractivity contribution in [3.8, 4) is 0 Å². The summed E-state index contributed by atoms with van der Waals surface area (Å²) < 4.78 is 15.7. The van der Waals surface area contributed by atoms with Gasteiger partial charge in [-0.3, -0.25) is 4.79 Å². The molecule has 0 aliphatic rings. The molecular formula is C18H18FN3O. The van der Waals surface area contributed by atoms with Crippen molar-refractivity contribution < 1.29 is 9.18 Å². The molecular weight excluding hydrogens is 293 g/mol. The Hall–Kier alpha value is -2.69. The van der Waals surface area contributed by atoms with E-state index in [1.807, 2.05) is 35.8 Å². The molecule has 0 radical (unpaired) electrons. The maximum absolute atomic E-state index is 13.9. The molecule has 0 spiro atoms. The number of hydrogen-bond acceptors (Lipinski definition) is 2. The fourth-order valence-corrected chi connectivity index (χ4v) is 2.63. The molecule has 0 unspecified atom stereocenters. The standard InChI is InChI=1S/C18H18FN3O/c1-3-17-20-15-6-4-5-7-16(15)22(17)11-18(23)21-14-9-8-12(2)10-13(14)19/h4-10H,3,11H2,1-2H3,(H,21,23). The lowest BCUT2D eigenvalue weighted by atomic mass is 10.2. The fraction of sp³-hybridized carbons (Fsp3) is 0.222. The lowest BCUT2D eigenvalue weighted by Crippen LogP contribution is -2.20. The van der Waals surface area contributed by atoms with E-state index in [1.54, 1.807) is 19.1 Å². The van der Waals surface area contributed by atoms with Gasteiger partial charge in [0.05, 0.1) is 16.7 Å². The average molecular weight is 311 g/mol. The number of carbonyl (C=O) groups is 1. The zero-order valence-corrected chi connectivity index (χ0v) is 13.1. The highest BCUT2D eigenvalue weighted by Gasteiger charge is 2.13. The van der Waals surface area contributed by atoms with Crippen LogP contribution in [0.5, 0.6) is 0 Å². The molecule has 0 aliphatic carbocycles. The molecule has 0 fully saturated rings. The van der Waals surface area contributed by atoms with Crippen molar-refractivity contribution in [2.24, 2.45) is 0 Å². The van der Waals surface area contributed by atoms with Gasteiger partial charge in [-0.25, -0.2) is 9.37 Å². The van der Waals surface area contributed by atoms with E-state index in [0.29, 0.717) is 0 Å². The number of aromatic nitrogens is 2. The molecule has 23 heavy (non-hydrogen) atoms. The first-order valence-electron chi connectivity index (χ1n) is 7.58. The summed E-state index contributed by atoms with van der Waals surface area (Å²) >= 11 is 0. The number of nitrogens with zero attached hydrogens (tertiary/aromatic N) is 2. The number of carbonyl (C=O) groups excluding carboxylic acids is 1. The molecule has 118 valence electrons. The van der Waals surface area contributed by atoms with Crippen LogP contribution in [-0.2, 0) is 17.8 Å². The van der Waals surface area contributed by atoms with E-state index < -0.39 is 5.82 Å². The minimum atomic E-state index is -0.426. The Morgan fingerprint density at radius 2 is 2.04 bits per heavy atom. The van der Waals surface area contributed by atoms with E-state index in [-0.39, 0.29) is 18.1 Å². The zero-order chi connectivity index (χ0) is 16.4. The average Bonchev–Trinajstić information content (AvgIpc) is 2.88. The van der Waals surface area contributed by atoms with Gasteiger partial charge in [0.15, 0.2) is 0 Å². The fourth-order valence-electron chi connectivity index (χ4n) is 2.63. The second-order valence-corrected chi connectivity index (χ2v) is 5.49. The normalized spacial score (nSPS) is 10.9. The molecule has 3 aromatic rings. The van der Waals surface area contributed by atoms with Crippen LogP contribution in [0.25, 0.3) is 11.0 Å². The van der Waals surface area contributed by atoms with E-state index in [1.165, 1.54) is 6.07 Å². The SMILES string of the molecule is CCc1nc2ccccc2n1CC(=O)Nc1ccc(C)cc1F. The van der Waals surface area contributed by atoms with Crippen LogP contribution in [0.4, 0.5) is 10.1 Å². The van der Waals surface area contributed by atoms with Crippen molar-refractivity contribution in [1.82, 2.24) is 9.55 Å². The minimum absolute atomic E-state index is 0.108. The number of nitrogens with one attached hydrogen (secondary N) is 1. The summed E-state index contributed by atoms with van der Waals surface area (Å²) in [5.41, 5.74) is 2.78. The van der Waals surface area contributed by atoms with E-state index in [4.69, 9.17) is 0 Å². The molecule has 0 bridgehead atoms. The van der Waals surface area contributed by atoms with E-state index in [2.05, 4.69) is 10.3 Å². The van der Waals surface area contributed by atoms with Crippen LogP contribution in [0, 0.1) is 12.7 Å². The molecule has 1 amide bonds. The summed E-state index contributed by atoms with van der Waals surface area (Å²) in [5, 5.41) is 2.63. The van der Waals surface area contributed by atoms with Gasteiger partial charge in [0.2, 0.25) is 5.91 Å². The van der Waals surface area contributed by atoms with Crippen molar-refractivity contribution in [2.45, 2.75) is 26.8 Å². The van der Waals surface area contributed by atoms with E-state index in [9.17, 15) is 9.18 Å². The Morgan fingerprint density at radius 1 is 1.26 bits per heavy atom. The van der Waals surface area contributed by atoms with Crippen LogP contribution in [-0.4, -0.2) is 15.5 Å². The molecule has 0 saturated heterocycles. The van der Waals surface area contributed by atoms with Crippen LogP contribution in [0.3, 0.4) is 0 Å². The molecule has 2 aromatic carbocycles. The maximum atomic E-state index is 13.9. The summed E-state index contributed by atoms with van der Waals surface area (Å²) in [6.45, 7) is 3.91. The summed E-state index contributed by atoms with van der Waals surface area (Å²) in [5.74, 6) is 0.140. The van der Waals surface area contributed by atoms with Crippen molar-refractivity contribution in [2.75, 3.05) is 5.32 Å². The van der Waals surface area contributed by atoms with Gasteiger partial charge in [0, 0.05) is 6.42 Å². The number of aryl methyl sites for hydroxylation is 2. The van der Waals surface area contributed by atoms with Gasteiger partial charge in [-0.05, 0) is 36.8 Å². The largest absolute Gasteiger partial charge is 0.322 e. The third-order valence-electron chi connectivity index (χ3n) is 3.75. The number of rotatable bonds is 4. The Balaban J connectivity index is 1.85. The van der Waals surface area contributed by atoms with Crippen molar-refractivity contribution in [1.29, 1.82) is 0 Å². The number of benzene rings is 2. The number of hydrogen-bond donors (Lipinski definition) is 1. The number of amides is 1. The van der Waals surface area contributed by atoms with Crippen molar-refractivity contribution in [3.05, 3.63) is 59.7 Å². The van der Waals surface area contributed by atoms with Crippen LogP contribution in [0.2, 0.25) is 0 Å². The number of anilines is 1. The Labute approximate surface area is 134 Å². The third kappa shape index (κ3) is 3.08. The first-order valence-corrected chi connectivity index (χ1v) is 7.58. The molecule has 5 heteroatoms. The zero-order valence-electron chi connectivity index (χ0n) is 13.1. The van der Waals surface area contributed by atoms with Crippen molar-refractivity contribution >= 4 is 22.6 Å². The lowest BCUT2D eigenvalue weighted by Gasteiger charge is -2.10. The van der Waals surface area contributed by atoms with E-state index >= 15 is 0 Å². The Morgan fingerprint density at radius 3 is 2.78 bits per heavy atom. The summed E-state index contributed by atoms with van der Waals surface area (Å²) in [6.07, 6.45) is 0.723. The highest BCUT2D eigenvalue weighted by atomic mass is 19.1. The van der Waals surface area contributed by atoms with Gasteiger partial charge < -0.3 is 9.88 Å². The van der Waals surface area contributed by atoms with Gasteiger partial charge >= 0.3 is 0 Å². The summed E-state index contributed by atoms with van der Waals surface area (Å²) in [6, 6.07) is 12.4. The first-order chi connectivity index (χ1) is 11.1. The molecule has 0 aliphatic heterocycles. The van der Waals surface area contributed by atoms with Crippen LogP contribution >= 0.6 is 0 Å². The highest BCUT2D eigenvalue weighted by Crippen LogP contribution is 2.18. The number of halogens is 1. The molecule has 0 saturated carbocycles.